The molecule has 0 aromatic heterocycles. The fraction of sp³-hybridized carbons (Fsp3) is 0.167. The van der Waals surface area contributed by atoms with E-state index in [1.165, 1.54) is 12.2 Å². The third-order valence-electron chi connectivity index (χ3n) is 2.73. The van der Waals surface area contributed by atoms with Gasteiger partial charge in [-0.3, -0.25) is 9.59 Å². The lowest BCUT2D eigenvalue weighted by Gasteiger charge is -2.17. The second-order valence-electron chi connectivity index (χ2n) is 3.74. The normalized spacial score (nSPS) is 23.2. The van der Waals surface area contributed by atoms with Gasteiger partial charge in [-0.15, -0.1) is 0 Å². The van der Waals surface area contributed by atoms with Gasteiger partial charge in [0.15, 0.2) is 5.78 Å². The molecule has 0 spiro atoms. The molecule has 0 saturated heterocycles. The van der Waals surface area contributed by atoms with Gasteiger partial charge in [-0.05, 0) is 29.7 Å². The molecule has 0 atom stereocenters. The van der Waals surface area contributed by atoms with Crippen molar-refractivity contribution < 1.29 is 14.3 Å². The van der Waals surface area contributed by atoms with Crippen LogP contribution in [0.25, 0.3) is 0 Å². The van der Waals surface area contributed by atoms with E-state index < -0.39 is 0 Å². The number of carbonyl (C=O) groups is 2. The fourth-order valence-electron chi connectivity index (χ4n) is 2.03. The molecular weight excluding hydrogens is 192 g/mol. The first-order valence-electron chi connectivity index (χ1n) is 4.81. The number of ketones is 1. The lowest BCUT2D eigenvalue weighted by molar-refractivity contribution is -0.136. The summed E-state index contributed by atoms with van der Waals surface area (Å²) >= 11 is 0. The predicted molar refractivity (Wildman–Crippen MR) is 52.7 cm³/mol. The van der Waals surface area contributed by atoms with E-state index in [0.29, 0.717) is 12.2 Å². The highest BCUT2D eigenvalue weighted by atomic mass is 16.5. The van der Waals surface area contributed by atoms with Crippen molar-refractivity contribution in [3.8, 4) is 0 Å². The Labute approximate surface area is 86.4 Å². The van der Waals surface area contributed by atoms with Gasteiger partial charge in [0.05, 0.1) is 6.42 Å². The highest BCUT2D eigenvalue weighted by molar-refractivity contribution is 6.03. The monoisotopic (exact) mass is 200 g/mol. The quantitative estimate of drug-likeness (QED) is 0.557. The average Bonchev–Trinajstić information content (AvgIpc) is 2.58. The van der Waals surface area contributed by atoms with Crippen LogP contribution in [0.5, 0.6) is 0 Å². The molecule has 0 unspecified atom stereocenters. The zero-order valence-corrected chi connectivity index (χ0v) is 7.95. The van der Waals surface area contributed by atoms with Gasteiger partial charge < -0.3 is 4.74 Å². The van der Waals surface area contributed by atoms with E-state index in [9.17, 15) is 9.59 Å². The Kier molecular flexibility index (Phi) is 1.57. The number of rotatable bonds is 0. The number of allylic oxidation sites excluding steroid dienone is 5. The standard InChI is InChI=1S/C12H8O3/c13-9-4-3-7-1-2-8-5-11(14)15-12(8)10(7)6-9/h1,3-4,6H,2,5H2. The first-order chi connectivity index (χ1) is 7.24. The minimum atomic E-state index is -0.224. The predicted octanol–water partition coefficient (Wildman–Crippen LogP) is 1.58. The molecule has 3 rings (SSSR count). The van der Waals surface area contributed by atoms with E-state index in [2.05, 4.69) is 0 Å². The molecule has 3 nitrogen and oxygen atoms in total. The largest absolute Gasteiger partial charge is 0.426 e. The first kappa shape index (κ1) is 8.41. The van der Waals surface area contributed by atoms with Crippen LogP contribution in [-0.4, -0.2) is 11.8 Å². The van der Waals surface area contributed by atoms with Gasteiger partial charge >= 0.3 is 5.97 Å². The van der Waals surface area contributed by atoms with Gasteiger partial charge in [0.1, 0.15) is 5.76 Å². The highest BCUT2D eigenvalue weighted by Gasteiger charge is 2.30. The topological polar surface area (TPSA) is 43.4 Å². The summed E-state index contributed by atoms with van der Waals surface area (Å²) in [6.07, 6.45) is 7.94. The molecule has 74 valence electrons. The van der Waals surface area contributed by atoms with Crippen LogP contribution in [0.15, 0.2) is 46.8 Å². The lowest BCUT2D eigenvalue weighted by Crippen LogP contribution is -2.07. The van der Waals surface area contributed by atoms with Crippen LogP contribution in [0.1, 0.15) is 12.8 Å². The minimum Gasteiger partial charge on any atom is -0.426 e. The Morgan fingerprint density at radius 3 is 2.93 bits per heavy atom. The summed E-state index contributed by atoms with van der Waals surface area (Å²) in [6, 6.07) is 0. The highest BCUT2D eigenvalue weighted by Crippen LogP contribution is 2.38. The number of esters is 1. The van der Waals surface area contributed by atoms with E-state index in [4.69, 9.17) is 4.74 Å². The Morgan fingerprint density at radius 1 is 1.20 bits per heavy atom. The van der Waals surface area contributed by atoms with Gasteiger partial charge in [-0.25, -0.2) is 0 Å². The van der Waals surface area contributed by atoms with Crippen LogP contribution in [-0.2, 0) is 14.3 Å². The van der Waals surface area contributed by atoms with Crippen molar-refractivity contribution >= 4 is 11.8 Å². The van der Waals surface area contributed by atoms with E-state index in [-0.39, 0.29) is 11.8 Å². The lowest BCUT2D eigenvalue weighted by atomic mass is 9.89. The summed E-state index contributed by atoms with van der Waals surface area (Å²) in [4.78, 5) is 22.4. The Hall–Kier alpha value is -1.90. The summed E-state index contributed by atoms with van der Waals surface area (Å²) in [7, 11) is 0. The maximum Gasteiger partial charge on any atom is 0.315 e. The molecule has 3 aliphatic rings. The van der Waals surface area contributed by atoms with Gasteiger partial charge in [0.25, 0.3) is 0 Å². The summed E-state index contributed by atoms with van der Waals surface area (Å²) in [5, 5.41) is 0. The minimum absolute atomic E-state index is 0.0566. The molecule has 1 aliphatic heterocycles. The summed E-state index contributed by atoms with van der Waals surface area (Å²) < 4.78 is 5.13. The maximum atomic E-state index is 11.2. The molecule has 15 heavy (non-hydrogen) atoms. The Bertz CT molecular complexity index is 501. The zero-order valence-electron chi connectivity index (χ0n) is 7.95. The van der Waals surface area contributed by atoms with Crippen LogP contribution in [0.3, 0.4) is 0 Å². The molecule has 0 fully saturated rings. The molecule has 0 N–H and O–H groups in total. The van der Waals surface area contributed by atoms with Crippen molar-refractivity contribution in [2.75, 3.05) is 0 Å². The smallest absolute Gasteiger partial charge is 0.315 e. The Morgan fingerprint density at radius 2 is 2.07 bits per heavy atom. The molecular formula is C12H8O3. The number of hydrogen-bond donors (Lipinski definition) is 0. The van der Waals surface area contributed by atoms with Crippen molar-refractivity contribution in [2.45, 2.75) is 12.8 Å². The number of hydrogen-bond acceptors (Lipinski definition) is 3. The Balaban J connectivity index is 2.09. The first-order valence-corrected chi connectivity index (χ1v) is 4.81. The van der Waals surface area contributed by atoms with E-state index in [1.807, 2.05) is 6.08 Å². The summed E-state index contributed by atoms with van der Waals surface area (Å²) in [6.45, 7) is 0. The third-order valence-corrected chi connectivity index (χ3v) is 2.73. The van der Waals surface area contributed by atoms with Crippen LogP contribution in [0.4, 0.5) is 0 Å². The van der Waals surface area contributed by atoms with Crippen LogP contribution >= 0.6 is 0 Å². The molecule has 0 amide bonds. The number of fused-ring (bicyclic) bond motifs is 2. The van der Waals surface area contributed by atoms with Crippen LogP contribution in [0, 0.1) is 0 Å². The molecule has 0 radical (unpaired) electrons. The van der Waals surface area contributed by atoms with Crippen LogP contribution in [0.2, 0.25) is 0 Å². The molecule has 0 saturated carbocycles. The van der Waals surface area contributed by atoms with E-state index in [0.717, 1.165) is 23.1 Å². The van der Waals surface area contributed by atoms with Gasteiger partial charge in [-0.2, -0.15) is 0 Å². The number of carbonyl (C=O) groups excluding carboxylic acids is 2. The third kappa shape index (κ3) is 1.20. The average molecular weight is 200 g/mol. The fourth-order valence-corrected chi connectivity index (χ4v) is 2.03. The molecule has 0 aromatic carbocycles. The van der Waals surface area contributed by atoms with Crippen molar-refractivity contribution in [1.82, 2.24) is 0 Å². The maximum absolute atomic E-state index is 11.2. The van der Waals surface area contributed by atoms with Gasteiger partial charge in [0.2, 0.25) is 0 Å². The van der Waals surface area contributed by atoms with Gasteiger partial charge in [0, 0.05) is 5.57 Å². The summed E-state index contributed by atoms with van der Waals surface area (Å²) in [5.41, 5.74) is 2.72. The van der Waals surface area contributed by atoms with Crippen molar-refractivity contribution in [1.29, 1.82) is 0 Å². The number of ether oxygens (including phenoxy) is 1. The SMILES string of the molecule is O=C1C=CC2=CCC3=C(OC(=O)C3)C2=C1. The van der Waals surface area contributed by atoms with Crippen LogP contribution < -0.4 is 0 Å². The molecule has 1 heterocycles. The second kappa shape index (κ2) is 2.79. The molecule has 3 heteroatoms. The van der Waals surface area contributed by atoms with Gasteiger partial charge in [-0.1, -0.05) is 12.2 Å². The van der Waals surface area contributed by atoms with E-state index in [1.54, 1.807) is 6.08 Å². The van der Waals surface area contributed by atoms with E-state index >= 15 is 0 Å². The summed E-state index contributed by atoms with van der Waals surface area (Å²) in [5.74, 6) is 0.326. The molecule has 0 aromatic rings. The van der Waals surface area contributed by atoms with Crippen molar-refractivity contribution in [2.24, 2.45) is 0 Å². The zero-order chi connectivity index (χ0) is 10.4. The molecule has 0 bridgehead atoms. The van der Waals surface area contributed by atoms with Crippen molar-refractivity contribution in [3.63, 3.8) is 0 Å². The molecule has 2 aliphatic carbocycles. The van der Waals surface area contributed by atoms with Crippen molar-refractivity contribution in [3.05, 3.63) is 46.8 Å². The second-order valence-corrected chi connectivity index (χ2v) is 3.74.